The van der Waals surface area contributed by atoms with Crippen molar-refractivity contribution >= 4 is 0 Å². The van der Waals surface area contributed by atoms with Gasteiger partial charge in [0.05, 0.1) is 19.8 Å². The minimum Gasteiger partial charge on any atom is -0.394 e. The van der Waals surface area contributed by atoms with Crippen LogP contribution < -0.4 is 0 Å². The Morgan fingerprint density at radius 3 is 1.68 bits per heavy atom. The third-order valence-electron chi connectivity index (χ3n) is 6.04. The summed E-state index contributed by atoms with van der Waals surface area (Å²) in [4.78, 5) is 0. The molecule has 3 aliphatic rings. The van der Waals surface area contributed by atoms with Crippen LogP contribution in [0.2, 0.25) is 0 Å². The molecule has 0 saturated carbocycles. The maximum Gasteiger partial charge on any atom is 0.187 e. The zero-order chi connectivity index (χ0) is 25.3. The van der Waals surface area contributed by atoms with Crippen LogP contribution in [0.5, 0.6) is 0 Å². The average molecular weight is 504 g/mol. The molecule has 200 valence electrons. The first-order valence-electron chi connectivity index (χ1n) is 10.6. The largest absolute Gasteiger partial charge is 0.394 e. The Bertz CT molecular complexity index is 639. The lowest BCUT2D eigenvalue weighted by molar-refractivity contribution is -0.329. The average Bonchev–Trinajstić information content (AvgIpc) is 3.29. The molecule has 11 N–H and O–H groups in total. The van der Waals surface area contributed by atoms with E-state index < -0.39 is 112 Å². The predicted molar refractivity (Wildman–Crippen MR) is 101 cm³/mol. The molecule has 0 aliphatic carbocycles. The van der Waals surface area contributed by atoms with Gasteiger partial charge in [-0.2, -0.15) is 0 Å². The fraction of sp³-hybridized carbons (Fsp3) is 1.00. The Morgan fingerprint density at radius 2 is 1.12 bits per heavy atom. The third kappa shape index (κ3) is 5.37. The van der Waals surface area contributed by atoms with E-state index in [1.54, 1.807) is 0 Å². The van der Waals surface area contributed by atoms with Gasteiger partial charge in [0, 0.05) is 0 Å². The van der Waals surface area contributed by atoms with Crippen LogP contribution in [0.1, 0.15) is 0 Å². The van der Waals surface area contributed by atoms with E-state index in [1.807, 2.05) is 0 Å². The molecule has 0 unspecified atom stereocenters. The van der Waals surface area contributed by atoms with Gasteiger partial charge in [-0.05, 0) is 0 Å². The van der Waals surface area contributed by atoms with Crippen LogP contribution in [0, 0.1) is 0 Å². The Labute approximate surface area is 192 Å². The van der Waals surface area contributed by atoms with Crippen molar-refractivity contribution in [2.75, 3.05) is 19.8 Å². The van der Waals surface area contributed by atoms with Crippen molar-refractivity contribution in [1.29, 1.82) is 0 Å². The van der Waals surface area contributed by atoms with E-state index >= 15 is 0 Å². The zero-order valence-corrected chi connectivity index (χ0v) is 17.7. The summed E-state index contributed by atoms with van der Waals surface area (Å²) in [7, 11) is 0. The Balaban J connectivity index is 1.80. The summed E-state index contributed by atoms with van der Waals surface area (Å²) in [6, 6.07) is 0. The molecule has 0 aromatic heterocycles. The van der Waals surface area contributed by atoms with Gasteiger partial charge in [-0.1, -0.05) is 0 Å². The number of ether oxygens (including phenoxy) is 5. The number of aliphatic hydroxyl groups is 11. The highest BCUT2D eigenvalue weighted by Crippen LogP contribution is 2.34. The van der Waals surface area contributed by atoms with Gasteiger partial charge in [-0.15, -0.1) is 0 Å². The summed E-state index contributed by atoms with van der Waals surface area (Å²) < 4.78 is 26.7. The lowest BCUT2D eigenvalue weighted by Crippen LogP contribution is -2.60. The van der Waals surface area contributed by atoms with Gasteiger partial charge < -0.3 is 79.9 Å². The van der Waals surface area contributed by atoms with E-state index in [9.17, 15) is 51.1 Å². The maximum absolute atomic E-state index is 10.6. The summed E-state index contributed by atoms with van der Waals surface area (Å²) >= 11 is 0. The number of rotatable bonds is 9. The van der Waals surface area contributed by atoms with Gasteiger partial charge in [0.1, 0.15) is 73.2 Å². The first-order valence-corrected chi connectivity index (χ1v) is 10.6. The van der Waals surface area contributed by atoms with Gasteiger partial charge in [0.15, 0.2) is 18.9 Å². The lowest BCUT2D eigenvalue weighted by Gasteiger charge is -2.41. The second-order valence-corrected chi connectivity index (χ2v) is 8.34. The predicted octanol–water partition coefficient (Wildman–Crippen LogP) is -7.57. The van der Waals surface area contributed by atoms with Crippen LogP contribution in [0.3, 0.4) is 0 Å². The molecule has 16 heteroatoms. The van der Waals surface area contributed by atoms with Crippen molar-refractivity contribution in [3.63, 3.8) is 0 Å². The van der Waals surface area contributed by atoms with E-state index in [0.29, 0.717) is 0 Å². The molecule has 3 rings (SSSR count). The fourth-order valence-electron chi connectivity index (χ4n) is 4.09. The first-order chi connectivity index (χ1) is 16.0. The van der Waals surface area contributed by atoms with Gasteiger partial charge >= 0.3 is 0 Å². The van der Waals surface area contributed by atoms with Crippen LogP contribution in [0.25, 0.3) is 0 Å². The SMILES string of the molecule is OC[C@@H](O)[C@@H]1O[C@H](O[C@H]2[C@@H](O[C@@H]3[C@H](O)[C@@H](O)[C@H](O)O[C@@H]3CO)O[C@@H]([C@H](O)CO)[C@@H]2O)[C@H](O)[C@H]1O. The van der Waals surface area contributed by atoms with Crippen LogP contribution in [-0.2, 0) is 23.7 Å². The summed E-state index contributed by atoms with van der Waals surface area (Å²) in [6.07, 6.45) is -24.7. The molecule has 0 amide bonds. The number of aliphatic hydroxyl groups excluding tert-OH is 11. The molecular weight excluding hydrogens is 472 g/mol. The molecule has 3 fully saturated rings. The molecule has 0 aromatic rings. The summed E-state index contributed by atoms with van der Waals surface area (Å²) in [6.45, 7) is -2.41. The molecule has 34 heavy (non-hydrogen) atoms. The van der Waals surface area contributed by atoms with Gasteiger partial charge in [-0.3, -0.25) is 0 Å². The first kappa shape index (κ1) is 27.9. The summed E-state index contributed by atoms with van der Waals surface area (Å²) in [5.74, 6) is 0. The molecule has 0 spiro atoms. The van der Waals surface area contributed by atoms with Crippen molar-refractivity contribution in [2.24, 2.45) is 0 Å². The van der Waals surface area contributed by atoms with Crippen molar-refractivity contribution in [3.05, 3.63) is 0 Å². The van der Waals surface area contributed by atoms with Gasteiger partial charge in [0.25, 0.3) is 0 Å². The second kappa shape index (κ2) is 11.6. The molecule has 3 heterocycles. The van der Waals surface area contributed by atoms with Crippen LogP contribution >= 0.6 is 0 Å². The van der Waals surface area contributed by atoms with Crippen molar-refractivity contribution < 1.29 is 79.9 Å². The molecular formula is C18H32O16. The van der Waals surface area contributed by atoms with Gasteiger partial charge in [0.2, 0.25) is 0 Å². The van der Waals surface area contributed by atoms with E-state index in [0.717, 1.165) is 0 Å². The quantitative estimate of drug-likeness (QED) is 0.139. The normalized spacial score (nSPS) is 49.3. The minimum atomic E-state index is -1.84. The standard InChI is InChI=1S/C18H32O16/c19-1-4(22)12-8(25)10(27)17(31-12)34-15-11(28)13(5(23)2-20)32-18(15)33-14-6(3-21)30-16(29)9(26)7(14)24/h4-29H,1-3H2/t4-,5-,6-,7-,8-,9-,10-,11+,12+,13+,14+,15-,16-,17-,18-/m1/s1. The molecule has 3 aliphatic heterocycles. The summed E-state index contributed by atoms with van der Waals surface area (Å²) in [5, 5.41) is 108. The van der Waals surface area contributed by atoms with Crippen molar-refractivity contribution in [3.8, 4) is 0 Å². The molecule has 0 bridgehead atoms. The summed E-state index contributed by atoms with van der Waals surface area (Å²) in [5.41, 5.74) is 0. The Kier molecular flexibility index (Phi) is 9.54. The monoisotopic (exact) mass is 504 g/mol. The smallest absolute Gasteiger partial charge is 0.187 e. The topological polar surface area (TPSA) is 269 Å². The van der Waals surface area contributed by atoms with E-state index in [2.05, 4.69) is 0 Å². The van der Waals surface area contributed by atoms with Crippen LogP contribution in [-0.4, -0.2) is 168 Å². The maximum atomic E-state index is 10.6. The van der Waals surface area contributed by atoms with Crippen molar-refractivity contribution in [2.45, 2.75) is 92.1 Å². The number of hydrogen-bond donors (Lipinski definition) is 11. The van der Waals surface area contributed by atoms with Gasteiger partial charge in [-0.25, -0.2) is 0 Å². The molecule has 15 atom stereocenters. The van der Waals surface area contributed by atoms with Crippen LogP contribution in [0.4, 0.5) is 0 Å². The number of hydrogen-bond acceptors (Lipinski definition) is 16. The van der Waals surface area contributed by atoms with Crippen LogP contribution in [0.15, 0.2) is 0 Å². The minimum absolute atomic E-state index is 0.771. The van der Waals surface area contributed by atoms with Crippen molar-refractivity contribution in [1.82, 2.24) is 0 Å². The highest BCUT2D eigenvalue weighted by molar-refractivity contribution is 4.97. The highest BCUT2D eigenvalue weighted by Gasteiger charge is 2.55. The highest BCUT2D eigenvalue weighted by atomic mass is 16.8. The van der Waals surface area contributed by atoms with E-state index in [1.165, 1.54) is 0 Å². The van der Waals surface area contributed by atoms with E-state index in [4.69, 9.17) is 28.8 Å². The third-order valence-corrected chi connectivity index (χ3v) is 6.04. The second-order valence-electron chi connectivity index (χ2n) is 8.34. The zero-order valence-electron chi connectivity index (χ0n) is 17.7. The molecule has 16 nitrogen and oxygen atoms in total. The lowest BCUT2D eigenvalue weighted by atomic mass is 9.99. The molecule has 0 aromatic carbocycles. The Morgan fingerprint density at radius 1 is 0.588 bits per heavy atom. The Hall–Kier alpha value is -0.640. The van der Waals surface area contributed by atoms with E-state index in [-0.39, 0.29) is 0 Å². The molecule has 3 saturated heterocycles. The fourth-order valence-corrected chi connectivity index (χ4v) is 4.09. The molecule has 0 radical (unpaired) electrons.